The van der Waals surface area contributed by atoms with Gasteiger partial charge < -0.3 is 5.11 Å². The number of aliphatic carboxylic acids is 1. The zero-order chi connectivity index (χ0) is 7.28. The number of carboxylic acid groups (broad SMARTS) is 1. The molecule has 0 spiro atoms. The summed E-state index contributed by atoms with van der Waals surface area (Å²) in [4.78, 5) is 10.2. The SMILES string of the molecule is CCCCC(C)C(=O)O.[PbH2]. The van der Waals surface area contributed by atoms with E-state index >= 15 is 0 Å². The van der Waals surface area contributed by atoms with Crippen LogP contribution in [0.3, 0.4) is 0 Å². The van der Waals surface area contributed by atoms with Crippen molar-refractivity contribution in [1.29, 1.82) is 0 Å². The van der Waals surface area contributed by atoms with Gasteiger partial charge in [-0.1, -0.05) is 26.7 Å². The number of rotatable bonds is 4. The maximum atomic E-state index is 10.2. The zero-order valence-electron chi connectivity index (χ0n) is 6.76. The molecule has 0 saturated carbocycles. The van der Waals surface area contributed by atoms with Crippen molar-refractivity contribution in [2.24, 2.45) is 5.92 Å². The molecule has 0 aliphatic heterocycles. The summed E-state index contributed by atoms with van der Waals surface area (Å²) < 4.78 is 0. The molecular weight excluding hydrogens is 323 g/mol. The van der Waals surface area contributed by atoms with Crippen molar-refractivity contribution >= 4 is 33.3 Å². The molecule has 2 radical (unpaired) electrons. The van der Waals surface area contributed by atoms with Crippen LogP contribution in [0.4, 0.5) is 0 Å². The second-order valence-corrected chi connectivity index (χ2v) is 2.38. The van der Waals surface area contributed by atoms with Crippen LogP contribution in [0.1, 0.15) is 33.1 Å². The summed E-state index contributed by atoms with van der Waals surface area (Å²) in [5.74, 6) is -0.839. The van der Waals surface area contributed by atoms with Gasteiger partial charge in [0.1, 0.15) is 0 Å². The van der Waals surface area contributed by atoms with Crippen LogP contribution in [0.2, 0.25) is 0 Å². The molecule has 0 fully saturated rings. The van der Waals surface area contributed by atoms with Gasteiger partial charge in [0, 0.05) is 0 Å². The number of unbranched alkanes of at least 4 members (excludes halogenated alkanes) is 1. The monoisotopic (exact) mass is 340 g/mol. The normalized spacial score (nSPS) is 11.8. The Kier molecular flexibility index (Phi) is 9.76. The van der Waals surface area contributed by atoms with Gasteiger partial charge in [-0.15, -0.1) is 0 Å². The Labute approximate surface area is 82.2 Å². The molecule has 0 rings (SSSR count). The number of hydrogen-bond acceptors (Lipinski definition) is 1. The molecule has 3 heteroatoms. The number of hydrogen-bond donors (Lipinski definition) is 1. The molecule has 1 unspecified atom stereocenters. The molecule has 0 aromatic carbocycles. The van der Waals surface area contributed by atoms with E-state index in [2.05, 4.69) is 6.92 Å². The standard InChI is InChI=1S/C7H14O2.Pb.2H/c1-3-4-5-6(2)7(8)9;;;/h6H,3-5H2,1-2H3,(H,8,9);;;. The third-order valence-electron chi connectivity index (χ3n) is 1.41. The third kappa shape index (κ3) is 6.51. The number of carbonyl (C=O) groups is 1. The molecule has 0 aliphatic rings. The molecule has 0 aliphatic carbocycles. The minimum atomic E-state index is -0.677. The van der Waals surface area contributed by atoms with Gasteiger partial charge in [0.15, 0.2) is 0 Å². The maximum absolute atomic E-state index is 10.2. The molecule has 2 nitrogen and oxygen atoms in total. The zero-order valence-corrected chi connectivity index (χ0v) is 12.3. The summed E-state index contributed by atoms with van der Waals surface area (Å²) in [5, 5.41) is 8.41. The summed E-state index contributed by atoms with van der Waals surface area (Å²) in [6, 6.07) is 0. The fourth-order valence-corrected chi connectivity index (χ4v) is 0.634. The van der Waals surface area contributed by atoms with Crippen LogP contribution >= 0.6 is 0 Å². The Morgan fingerprint density at radius 3 is 2.40 bits per heavy atom. The van der Waals surface area contributed by atoms with Crippen LogP contribution in [0.15, 0.2) is 0 Å². The van der Waals surface area contributed by atoms with Gasteiger partial charge in [-0.2, -0.15) is 0 Å². The van der Waals surface area contributed by atoms with Gasteiger partial charge in [0.05, 0.1) is 5.92 Å². The molecule has 0 amide bonds. The summed E-state index contributed by atoms with van der Waals surface area (Å²) in [7, 11) is 0. The van der Waals surface area contributed by atoms with Crippen LogP contribution in [-0.2, 0) is 4.79 Å². The summed E-state index contributed by atoms with van der Waals surface area (Å²) in [6.45, 7) is 3.81. The molecule has 0 heterocycles. The van der Waals surface area contributed by atoms with Gasteiger partial charge in [-0.3, -0.25) is 4.79 Å². The average Bonchev–Trinajstić information content (AvgIpc) is 1.82. The quantitative estimate of drug-likeness (QED) is 0.776. The van der Waals surface area contributed by atoms with E-state index in [0.29, 0.717) is 0 Å². The summed E-state index contributed by atoms with van der Waals surface area (Å²) in [6.07, 6.45) is 2.91. The van der Waals surface area contributed by atoms with Crippen molar-refractivity contribution in [3.05, 3.63) is 0 Å². The predicted molar refractivity (Wildman–Crippen MR) is 44.9 cm³/mol. The Morgan fingerprint density at radius 2 is 2.10 bits per heavy atom. The molecule has 1 atom stereocenters. The Balaban J connectivity index is 0. The summed E-state index contributed by atoms with van der Waals surface area (Å²) >= 11 is 0. The first-order chi connectivity index (χ1) is 4.18. The van der Waals surface area contributed by atoms with Crippen molar-refractivity contribution < 1.29 is 9.90 Å². The first kappa shape index (κ1) is 13.0. The van der Waals surface area contributed by atoms with Crippen molar-refractivity contribution in [3.8, 4) is 0 Å². The van der Waals surface area contributed by atoms with E-state index in [1.54, 1.807) is 6.92 Å². The van der Waals surface area contributed by atoms with E-state index in [4.69, 9.17) is 5.11 Å². The van der Waals surface area contributed by atoms with E-state index in [1.807, 2.05) is 0 Å². The Hall–Kier alpha value is 0.392. The van der Waals surface area contributed by atoms with Gasteiger partial charge in [0.2, 0.25) is 0 Å². The van der Waals surface area contributed by atoms with Crippen LogP contribution in [0.5, 0.6) is 0 Å². The molecule has 0 saturated heterocycles. The second-order valence-electron chi connectivity index (χ2n) is 2.38. The molecular formula is C7H16O2Pb. The Bertz CT molecular complexity index is 93.6. The van der Waals surface area contributed by atoms with E-state index in [0.717, 1.165) is 19.3 Å². The van der Waals surface area contributed by atoms with Crippen LogP contribution < -0.4 is 0 Å². The van der Waals surface area contributed by atoms with E-state index in [-0.39, 0.29) is 33.2 Å². The molecule has 1 N–H and O–H groups in total. The predicted octanol–water partition coefficient (Wildman–Crippen LogP) is 0.981. The average molecular weight is 339 g/mol. The fraction of sp³-hybridized carbons (Fsp3) is 0.857. The first-order valence-electron chi connectivity index (χ1n) is 3.41. The fourth-order valence-electron chi connectivity index (χ4n) is 0.634. The van der Waals surface area contributed by atoms with Crippen molar-refractivity contribution in [2.45, 2.75) is 33.1 Å². The van der Waals surface area contributed by atoms with E-state index in [1.165, 1.54) is 0 Å². The Morgan fingerprint density at radius 1 is 1.60 bits per heavy atom. The van der Waals surface area contributed by atoms with Gasteiger partial charge in [0.25, 0.3) is 0 Å². The molecule has 0 aromatic rings. The van der Waals surface area contributed by atoms with Gasteiger partial charge in [-0.25, -0.2) is 0 Å². The van der Waals surface area contributed by atoms with Gasteiger partial charge in [-0.05, 0) is 6.42 Å². The third-order valence-corrected chi connectivity index (χ3v) is 1.41. The van der Waals surface area contributed by atoms with Crippen molar-refractivity contribution in [1.82, 2.24) is 0 Å². The minimum absolute atomic E-state index is 0. The van der Waals surface area contributed by atoms with Crippen LogP contribution in [0.25, 0.3) is 0 Å². The van der Waals surface area contributed by atoms with Crippen molar-refractivity contribution in [2.75, 3.05) is 0 Å². The van der Waals surface area contributed by atoms with Crippen LogP contribution in [-0.4, -0.2) is 38.4 Å². The summed E-state index contributed by atoms with van der Waals surface area (Å²) in [5.41, 5.74) is 0. The second kappa shape index (κ2) is 7.50. The van der Waals surface area contributed by atoms with Crippen LogP contribution in [0, 0.1) is 5.92 Å². The molecule has 10 heavy (non-hydrogen) atoms. The van der Waals surface area contributed by atoms with Gasteiger partial charge >= 0.3 is 33.3 Å². The van der Waals surface area contributed by atoms with E-state index in [9.17, 15) is 4.79 Å². The van der Waals surface area contributed by atoms with Crippen molar-refractivity contribution in [3.63, 3.8) is 0 Å². The molecule has 0 bridgehead atoms. The molecule has 0 aromatic heterocycles. The first-order valence-corrected chi connectivity index (χ1v) is 3.41. The van der Waals surface area contributed by atoms with E-state index < -0.39 is 5.97 Å². The molecule has 60 valence electrons. The topological polar surface area (TPSA) is 37.3 Å². The number of carboxylic acids is 1.